The number of nitrogens with zero attached hydrogens (tertiary/aromatic N) is 1. The molecule has 20 heavy (non-hydrogen) atoms. The summed E-state index contributed by atoms with van der Waals surface area (Å²) >= 11 is 0. The summed E-state index contributed by atoms with van der Waals surface area (Å²) in [6.45, 7) is -0.0154. The third-order valence-corrected chi connectivity index (χ3v) is 2.67. The Bertz CT molecular complexity index is 628. The van der Waals surface area contributed by atoms with Gasteiger partial charge in [-0.3, -0.25) is 0 Å². The third-order valence-electron chi connectivity index (χ3n) is 2.67. The first kappa shape index (κ1) is 13.8. The average molecular weight is 274 g/mol. The van der Waals surface area contributed by atoms with Crippen LogP contribution in [0.3, 0.4) is 0 Å². The predicted octanol–water partition coefficient (Wildman–Crippen LogP) is 1.69. The SMILES string of the molecule is Nc1ccc(C(=O)O)nc1Oc1ccccc1CCO. The van der Waals surface area contributed by atoms with Gasteiger partial charge >= 0.3 is 5.97 Å². The number of aliphatic hydroxyl groups excluding tert-OH is 1. The summed E-state index contributed by atoms with van der Waals surface area (Å²) in [5.41, 5.74) is 6.62. The van der Waals surface area contributed by atoms with Gasteiger partial charge in [-0.15, -0.1) is 0 Å². The second-order valence-electron chi connectivity index (χ2n) is 4.08. The van der Waals surface area contributed by atoms with E-state index in [4.69, 9.17) is 20.7 Å². The number of para-hydroxylation sites is 1. The monoisotopic (exact) mass is 274 g/mol. The number of rotatable bonds is 5. The average Bonchev–Trinajstić information content (AvgIpc) is 2.43. The molecule has 6 nitrogen and oxygen atoms in total. The molecule has 0 bridgehead atoms. The zero-order chi connectivity index (χ0) is 14.5. The highest BCUT2D eigenvalue weighted by Gasteiger charge is 2.12. The zero-order valence-corrected chi connectivity index (χ0v) is 10.6. The molecular formula is C14H14N2O4. The fourth-order valence-corrected chi connectivity index (χ4v) is 1.69. The van der Waals surface area contributed by atoms with Crippen LogP contribution >= 0.6 is 0 Å². The molecule has 104 valence electrons. The van der Waals surface area contributed by atoms with E-state index >= 15 is 0 Å². The van der Waals surface area contributed by atoms with Gasteiger partial charge in [-0.2, -0.15) is 0 Å². The Labute approximate surface area is 115 Å². The normalized spacial score (nSPS) is 10.2. The quantitative estimate of drug-likeness (QED) is 0.766. The van der Waals surface area contributed by atoms with E-state index < -0.39 is 5.97 Å². The maximum absolute atomic E-state index is 10.9. The fourth-order valence-electron chi connectivity index (χ4n) is 1.69. The summed E-state index contributed by atoms with van der Waals surface area (Å²) in [4.78, 5) is 14.8. The minimum Gasteiger partial charge on any atom is -0.477 e. The number of nitrogens with two attached hydrogens (primary N) is 1. The number of anilines is 1. The molecule has 4 N–H and O–H groups in total. The number of benzene rings is 1. The Morgan fingerprint density at radius 1 is 1.25 bits per heavy atom. The van der Waals surface area contributed by atoms with Crippen molar-refractivity contribution >= 4 is 11.7 Å². The maximum Gasteiger partial charge on any atom is 0.354 e. The molecule has 0 fully saturated rings. The number of carbonyl (C=O) groups is 1. The fraction of sp³-hybridized carbons (Fsp3) is 0.143. The summed E-state index contributed by atoms with van der Waals surface area (Å²) < 4.78 is 5.57. The van der Waals surface area contributed by atoms with Crippen LogP contribution in [-0.4, -0.2) is 27.8 Å². The number of carboxylic acid groups (broad SMARTS) is 1. The van der Waals surface area contributed by atoms with Gasteiger partial charge in [-0.05, 0) is 30.2 Å². The van der Waals surface area contributed by atoms with Crippen molar-refractivity contribution in [2.75, 3.05) is 12.3 Å². The van der Waals surface area contributed by atoms with Gasteiger partial charge < -0.3 is 20.7 Å². The van der Waals surface area contributed by atoms with Gasteiger partial charge in [0, 0.05) is 6.61 Å². The standard InChI is InChI=1S/C14H14N2O4/c15-10-5-6-11(14(18)19)16-13(10)20-12-4-2-1-3-9(12)7-8-17/h1-6,17H,7-8,15H2,(H,18,19). The first-order valence-corrected chi connectivity index (χ1v) is 5.98. The molecule has 2 aromatic rings. The number of aromatic carboxylic acids is 1. The first-order chi connectivity index (χ1) is 9.61. The molecule has 0 saturated heterocycles. The first-order valence-electron chi connectivity index (χ1n) is 5.98. The van der Waals surface area contributed by atoms with Crippen LogP contribution in [0.4, 0.5) is 5.69 Å². The van der Waals surface area contributed by atoms with Gasteiger partial charge in [0.15, 0.2) is 5.69 Å². The van der Waals surface area contributed by atoms with Gasteiger partial charge in [0.1, 0.15) is 5.75 Å². The lowest BCUT2D eigenvalue weighted by Crippen LogP contribution is -2.04. The molecule has 0 spiro atoms. The number of hydrogen-bond donors (Lipinski definition) is 3. The van der Waals surface area contributed by atoms with Crippen molar-refractivity contribution in [3.63, 3.8) is 0 Å². The lowest BCUT2D eigenvalue weighted by molar-refractivity contribution is 0.0689. The van der Waals surface area contributed by atoms with E-state index in [2.05, 4.69) is 4.98 Å². The van der Waals surface area contributed by atoms with Crippen molar-refractivity contribution < 1.29 is 19.7 Å². The third kappa shape index (κ3) is 3.04. The largest absolute Gasteiger partial charge is 0.477 e. The van der Waals surface area contributed by atoms with Gasteiger partial charge in [0.2, 0.25) is 5.88 Å². The molecule has 6 heteroatoms. The van der Waals surface area contributed by atoms with Gasteiger partial charge in [-0.1, -0.05) is 18.2 Å². The molecule has 0 aliphatic carbocycles. The molecule has 0 amide bonds. The van der Waals surface area contributed by atoms with Crippen molar-refractivity contribution in [1.82, 2.24) is 4.98 Å². The topological polar surface area (TPSA) is 106 Å². The number of pyridine rings is 1. The van der Waals surface area contributed by atoms with Crippen LogP contribution in [0.1, 0.15) is 16.1 Å². The molecule has 0 atom stereocenters. The molecule has 1 aromatic heterocycles. The zero-order valence-electron chi connectivity index (χ0n) is 10.6. The number of carboxylic acids is 1. The van der Waals surface area contributed by atoms with Crippen LogP contribution in [0.25, 0.3) is 0 Å². The molecule has 0 radical (unpaired) electrons. The molecule has 0 saturated carbocycles. The number of hydrogen-bond acceptors (Lipinski definition) is 5. The van der Waals surface area contributed by atoms with Crippen LogP contribution in [0.5, 0.6) is 11.6 Å². The van der Waals surface area contributed by atoms with Gasteiger partial charge in [0.25, 0.3) is 0 Å². The van der Waals surface area contributed by atoms with Crippen LogP contribution < -0.4 is 10.5 Å². The highest BCUT2D eigenvalue weighted by atomic mass is 16.5. The number of ether oxygens (including phenoxy) is 1. The van der Waals surface area contributed by atoms with E-state index in [0.29, 0.717) is 12.2 Å². The van der Waals surface area contributed by atoms with Gasteiger partial charge in [0.05, 0.1) is 5.69 Å². The summed E-state index contributed by atoms with van der Waals surface area (Å²) in [5, 5.41) is 17.9. The Kier molecular flexibility index (Phi) is 4.17. The van der Waals surface area contributed by atoms with Crippen molar-refractivity contribution in [3.05, 3.63) is 47.7 Å². The van der Waals surface area contributed by atoms with Crippen LogP contribution in [0.15, 0.2) is 36.4 Å². The lowest BCUT2D eigenvalue weighted by Gasteiger charge is -2.11. The molecular weight excluding hydrogens is 260 g/mol. The van der Waals surface area contributed by atoms with Crippen LogP contribution in [-0.2, 0) is 6.42 Å². The van der Waals surface area contributed by atoms with E-state index in [9.17, 15) is 4.79 Å². The van der Waals surface area contributed by atoms with E-state index in [-0.39, 0.29) is 23.9 Å². The van der Waals surface area contributed by atoms with Crippen molar-refractivity contribution in [3.8, 4) is 11.6 Å². The molecule has 0 aliphatic rings. The molecule has 2 rings (SSSR count). The smallest absolute Gasteiger partial charge is 0.354 e. The summed E-state index contributed by atoms with van der Waals surface area (Å²) in [7, 11) is 0. The Morgan fingerprint density at radius 3 is 2.70 bits per heavy atom. The molecule has 1 aromatic carbocycles. The van der Waals surface area contributed by atoms with Gasteiger partial charge in [-0.25, -0.2) is 9.78 Å². The number of nitrogen functional groups attached to an aromatic ring is 1. The summed E-state index contributed by atoms with van der Waals surface area (Å²) in [6, 6.07) is 9.85. The van der Waals surface area contributed by atoms with E-state index in [1.54, 1.807) is 12.1 Å². The Morgan fingerprint density at radius 2 is 2.00 bits per heavy atom. The van der Waals surface area contributed by atoms with Crippen LogP contribution in [0.2, 0.25) is 0 Å². The van der Waals surface area contributed by atoms with E-state index in [0.717, 1.165) is 5.56 Å². The van der Waals surface area contributed by atoms with Crippen molar-refractivity contribution in [2.45, 2.75) is 6.42 Å². The minimum absolute atomic E-state index is 0.0154. The maximum atomic E-state index is 10.9. The second-order valence-corrected chi connectivity index (χ2v) is 4.08. The highest BCUT2D eigenvalue weighted by molar-refractivity contribution is 5.86. The van der Waals surface area contributed by atoms with E-state index in [1.165, 1.54) is 12.1 Å². The Balaban J connectivity index is 2.34. The van der Waals surface area contributed by atoms with Crippen molar-refractivity contribution in [1.29, 1.82) is 0 Å². The van der Waals surface area contributed by atoms with Crippen molar-refractivity contribution in [2.24, 2.45) is 0 Å². The molecule has 0 aliphatic heterocycles. The van der Waals surface area contributed by atoms with E-state index in [1.807, 2.05) is 12.1 Å². The van der Waals surface area contributed by atoms with Crippen LogP contribution in [0, 0.1) is 0 Å². The lowest BCUT2D eigenvalue weighted by atomic mass is 10.1. The highest BCUT2D eigenvalue weighted by Crippen LogP contribution is 2.28. The second kappa shape index (κ2) is 6.03. The predicted molar refractivity (Wildman–Crippen MR) is 72.9 cm³/mol. The molecule has 0 unspecified atom stereocenters. The molecule has 1 heterocycles. The summed E-state index contributed by atoms with van der Waals surface area (Å²) in [5.74, 6) is -0.628. The number of aromatic nitrogens is 1. The minimum atomic E-state index is -1.15. The summed E-state index contributed by atoms with van der Waals surface area (Å²) in [6.07, 6.45) is 0.425. The Hall–Kier alpha value is -2.60. The number of aliphatic hydroxyl groups is 1.